The molecule has 0 aliphatic heterocycles. The van der Waals surface area contributed by atoms with E-state index in [4.69, 9.17) is 0 Å². The van der Waals surface area contributed by atoms with E-state index in [-0.39, 0.29) is 0 Å². The van der Waals surface area contributed by atoms with Crippen molar-refractivity contribution in [3.63, 3.8) is 0 Å². The number of benzene rings is 1. The second kappa shape index (κ2) is 5.48. The van der Waals surface area contributed by atoms with Crippen LogP contribution >= 0.6 is 0 Å². The molecule has 0 radical (unpaired) electrons. The maximum absolute atomic E-state index is 3.78. The first-order chi connectivity index (χ1) is 6.79. The highest BCUT2D eigenvalue weighted by Crippen LogP contribution is 2.20. The summed E-state index contributed by atoms with van der Waals surface area (Å²) in [6.07, 6.45) is 5.50. The minimum Gasteiger partial charge on any atom is -0.351 e. The van der Waals surface area contributed by atoms with Crippen molar-refractivity contribution in [1.29, 1.82) is 0 Å². The molecule has 14 heavy (non-hydrogen) atoms. The maximum Gasteiger partial charge on any atom is 0.0435 e. The van der Waals surface area contributed by atoms with Crippen molar-refractivity contribution >= 4 is 5.69 Å². The summed E-state index contributed by atoms with van der Waals surface area (Å²) in [7, 11) is 2.04. The average Bonchev–Trinajstić information content (AvgIpc) is 2.25. The van der Waals surface area contributed by atoms with Crippen molar-refractivity contribution in [2.75, 3.05) is 11.9 Å². The molecule has 1 nitrogen and oxygen atoms in total. The van der Waals surface area contributed by atoms with Crippen LogP contribution in [0.4, 0.5) is 5.69 Å². The third kappa shape index (κ3) is 2.63. The quantitative estimate of drug-likeness (QED) is 0.684. The van der Waals surface area contributed by atoms with Gasteiger partial charge in [-0.3, -0.25) is 0 Å². The lowest BCUT2D eigenvalue weighted by Crippen LogP contribution is -2.09. The molecule has 76 valence electrons. The Labute approximate surface area is 87.1 Å². The van der Waals surface area contributed by atoms with Crippen LogP contribution in [0.2, 0.25) is 0 Å². The van der Waals surface area contributed by atoms with Crippen molar-refractivity contribution in [3.05, 3.63) is 42.6 Å². The predicted molar refractivity (Wildman–Crippen MR) is 63.7 cm³/mol. The van der Waals surface area contributed by atoms with E-state index in [1.807, 2.05) is 13.2 Å². The zero-order valence-electron chi connectivity index (χ0n) is 9.16. The molecule has 0 aliphatic carbocycles. The standard InChI is InChI=1S/C13H19N/c1-4-6-9-12-10-7-8-11-13(12)14(3)5-2/h5,7-8,10-11H,2,4,6,9H2,1,3H3. The van der Waals surface area contributed by atoms with Crippen molar-refractivity contribution in [1.82, 2.24) is 0 Å². The lowest BCUT2D eigenvalue weighted by atomic mass is 10.1. The molecule has 0 aliphatic rings. The molecule has 0 aromatic heterocycles. The van der Waals surface area contributed by atoms with Gasteiger partial charge in [0.1, 0.15) is 0 Å². The maximum atomic E-state index is 3.78. The van der Waals surface area contributed by atoms with E-state index in [1.165, 1.54) is 24.1 Å². The first-order valence-corrected chi connectivity index (χ1v) is 5.23. The molecule has 0 saturated carbocycles. The van der Waals surface area contributed by atoms with E-state index >= 15 is 0 Å². The molecule has 0 N–H and O–H groups in total. The number of nitrogens with zero attached hydrogens (tertiary/aromatic N) is 1. The minimum absolute atomic E-state index is 1.16. The normalized spacial score (nSPS) is 9.86. The lowest BCUT2D eigenvalue weighted by Gasteiger charge is -2.17. The molecule has 0 atom stereocenters. The van der Waals surface area contributed by atoms with Crippen LogP contribution in [0.3, 0.4) is 0 Å². The Balaban J connectivity index is 2.85. The Bertz CT molecular complexity index is 291. The van der Waals surface area contributed by atoms with Gasteiger partial charge in [-0.2, -0.15) is 0 Å². The number of hydrogen-bond donors (Lipinski definition) is 0. The van der Waals surface area contributed by atoms with Gasteiger partial charge < -0.3 is 4.90 Å². The highest BCUT2D eigenvalue weighted by molar-refractivity contribution is 5.54. The van der Waals surface area contributed by atoms with E-state index < -0.39 is 0 Å². The molecule has 0 heterocycles. The SMILES string of the molecule is C=CN(C)c1ccccc1CCCC. The molecule has 1 aromatic carbocycles. The Kier molecular flexibility index (Phi) is 4.24. The number of rotatable bonds is 5. The highest BCUT2D eigenvalue weighted by atomic mass is 15.1. The van der Waals surface area contributed by atoms with Gasteiger partial charge in [-0.15, -0.1) is 0 Å². The van der Waals surface area contributed by atoms with Gasteiger partial charge in [-0.1, -0.05) is 38.1 Å². The van der Waals surface area contributed by atoms with Gasteiger partial charge in [0.15, 0.2) is 0 Å². The molecule has 0 unspecified atom stereocenters. The van der Waals surface area contributed by atoms with Crippen LogP contribution in [-0.4, -0.2) is 7.05 Å². The summed E-state index contributed by atoms with van der Waals surface area (Å²) < 4.78 is 0. The first-order valence-electron chi connectivity index (χ1n) is 5.23. The fraction of sp³-hybridized carbons (Fsp3) is 0.385. The van der Waals surface area contributed by atoms with Gasteiger partial charge in [0.2, 0.25) is 0 Å². The van der Waals surface area contributed by atoms with E-state index in [0.29, 0.717) is 0 Å². The van der Waals surface area contributed by atoms with Crippen LogP contribution in [0.5, 0.6) is 0 Å². The Morgan fingerprint density at radius 3 is 2.71 bits per heavy atom. The van der Waals surface area contributed by atoms with Crippen LogP contribution in [0, 0.1) is 0 Å². The summed E-state index contributed by atoms with van der Waals surface area (Å²) in [5, 5.41) is 0. The van der Waals surface area contributed by atoms with Gasteiger partial charge >= 0.3 is 0 Å². The fourth-order valence-corrected chi connectivity index (χ4v) is 1.53. The van der Waals surface area contributed by atoms with E-state index in [1.54, 1.807) is 0 Å². The molecule has 1 heteroatoms. The molecule has 1 aromatic rings. The van der Waals surface area contributed by atoms with Crippen LogP contribution in [-0.2, 0) is 6.42 Å². The first kappa shape index (κ1) is 10.8. The Morgan fingerprint density at radius 2 is 2.07 bits per heavy atom. The zero-order valence-corrected chi connectivity index (χ0v) is 9.16. The molecular formula is C13H19N. The van der Waals surface area contributed by atoms with Gasteiger partial charge in [-0.25, -0.2) is 0 Å². The Hall–Kier alpha value is -1.24. The van der Waals surface area contributed by atoms with E-state index in [0.717, 1.165) is 6.42 Å². The smallest absolute Gasteiger partial charge is 0.0435 e. The lowest BCUT2D eigenvalue weighted by molar-refractivity contribution is 0.794. The van der Waals surface area contributed by atoms with Crippen molar-refractivity contribution < 1.29 is 0 Å². The molecule has 0 saturated heterocycles. The van der Waals surface area contributed by atoms with Crippen LogP contribution in [0.15, 0.2) is 37.0 Å². The molecular weight excluding hydrogens is 170 g/mol. The zero-order chi connectivity index (χ0) is 10.4. The minimum atomic E-state index is 1.16. The second-order valence-electron chi connectivity index (χ2n) is 3.53. The Morgan fingerprint density at radius 1 is 1.36 bits per heavy atom. The predicted octanol–water partition coefficient (Wildman–Crippen LogP) is 3.61. The van der Waals surface area contributed by atoms with Crippen molar-refractivity contribution in [3.8, 4) is 0 Å². The average molecular weight is 189 g/mol. The fourth-order valence-electron chi connectivity index (χ4n) is 1.53. The third-order valence-electron chi connectivity index (χ3n) is 2.45. The number of anilines is 1. The summed E-state index contributed by atoms with van der Waals surface area (Å²) in [5.74, 6) is 0. The molecule has 0 amide bonds. The number of para-hydroxylation sites is 1. The van der Waals surface area contributed by atoms with Gasteiger partial charge in [0, 0.05) is 12.7 Å². The third-order valence-corrected chi connectivity index (χ3v) is 2.45. The number of hydrogen-bond acceptors (Lipinski definition) is 1. The van der Waals surface area contributed by atoms with Crippen LogP contribution in [0.1, 0.15) is 25.3 Å². The summed E-state index contributed by atoms with van der Waals surface area (Å²) in [4.78, 5) is 2.07. The largest absolute Gasteiger partial charge is 0.351 e. The van der Waals surface area contributed by atoms with Gasteiger partial charge in [0.25, 0.3) is 0 Å². The van der Waals surface area contributed by atoms with Crippen molar-refractivity contribution in [2.45, 2.75) is 26.2 Å². The van der Waals surface area contributed by atoms with E-state index in [2.05, 4.69) is 42.7 Å². The molecule has 0 bridgehead atoms. The van der Waals surface area contributed by atoms with Gasteiger partial charge in [-0.05, 0) is 30.7 Å². The molecule has 0 spiro atoms. The van der Waals surface area contributed by atoms with Gasteiger partial charge in [0.05, 0.1) is 0 Å². The monoisotopic (exact) mass is 189 g/mol. The summed E-state index contributed by atoms with van der Waals surface area (Å²) in [6.45, 7) is 6.01. The van der Waals surface area contributed by atoms with Crippen LogP contribution < -0.4 is 4.90 Å². The second-order valence-corrected chi connectivity index (χ2v) is 3.53. The molecule has 1 rings (SSSR count). The number of unbranched alkanes of at least 4 members (excludes halogenated alkanes) is 1. The summed E-state index contributed by atoms with van der Waals surface area (Å²) >= 11 is 0. The van der Waals surface area contributed by atoms with Crippen molar-refractivity contribution in [2.24, 2.45) is 0 Å². The van der Waals surface area contributed by atoms with Crippen LogP contribution in [0.25, 0.3) is 0 Å². The molecule has 0 fully saturated rings. The summed E-state index contributed by atoms with van der Waals surface area (Å²) in [5.41, 5.74) is 2.69. The topological polar surface area (TPSA) is 3.24 Å². The summed E-state index contributed by atoms with van der Waals surface area (Å²) in [6, 6.07) is 8.52. The highest BCUT2D eigenvalue weighted by Gasteiger charge is 2.02. The number of aryl methyl sites for hydroxylation is 1. The van der Waals surface area contributed by atoms with E-state index in [9.17, 15) is 0 Å².